The summed E-state index contributed by atoms with van der Waals surface area (Å²) in [6, 6.07) is 3.13. The summed E-state index contributed by atoms with van der Waals surface area (Å²) in [5, 5.41) is 9.51. The topological polar surface area (TPSA) is 86.3 Å². The maximum Gasteiger partial charge on any atom is 0.326 e. The maximum absolute atomic E-state index is 13.8. The highest BCUT2D eigenvalue weighted by Gasteiger charge is 2.36. The minimum absolute atomic E-state index is 0.0683. The van der Waals surface area contributed by atoms with Crippen molar-refractivity contribution in [2.24, 2.45) is 0 Å². The van der Waals surface area contributed by atoms with E-state index >= 15 is 0 Å². The molecule has 0 fully saturated rings. The Morgan fingerprint density at radius 2 is 2.26 bits per heavy atom. The van der Waals surface area contributed by atoms with E-state index in [1.807, 2.05) is 0 Å². The number of aromatic nitrogens is 2. The second-order valence-electron chi connectivity index (χ2n) is 5.28. The van der Waals surface area contributed by atoms with Crippen LogP contribution in [-0.2, 0) is 29.0 Å². The third kappa shape index (κ3) is 2.92. The fraction of sp³-hybridized carbons (Fsp3) is 0.267. The Hall–Kier alpha value is -2.41. The number of carboxylic acid groups (broad SMARTS) is 1. The summed E-state index contributed by atoms with van der Waals surface area (Å²) in [6.45, 7) is 0.0944. The zero-order chi connectivity index (χ0) is 16.6. The second kappa shape index (κ2) is 6.00. The van der Waals surface area contributed by atoms with Gasteiger partial charge in [0.25, 0.3) is 0 Å². The standard InChI is InChI=1S/C15H13ClFN3O3/c16-9-2-1-3-10(17)8(9)4-14(21)20-6-12-11(18-7-19-12)5-13(20)15(22)23/h1-3,7,13H,4-6H2,(H,18,19)(H,22,23)/t13-/m1/s1. The quantitative estimate of drug-likeness (QED) is 0.894. The highest BCUT2D eigenvalue weighted by Crippen LogP contribution is 2.24. The number of imidazole rings is 1. The van der Waals surface area contributed by atoms with Crippen molar-refractivity contribution in [2.75, 3.05) is 0 Å². The van der Waals surface area contributed by atoms with Crippen molar-refractivity contribution < 1.29 is 19.1 Å². The smallest absolute Gasteiger partial charge is 0.326 e. The first-order chi connectivity index (χ1) is 11.0. The molecule has 6 nitrogen and oxygen atoms in total. The van der Waals surface area contributed by atoms with Crippen molar-refractivity contribution in [2.45, 2.75) is 25.4 Å². The zero-order valence-corrected chi connectivity index (χ0v) is 12.7. The number of H-pyrrole nitrogens is 1. The average molecular weight is 338 g/mol. The summed E-state index contributed by atoms with van der Waals surface area (Å²) in [5.74, 6) is -2.20. The first-order valence-corrected chi connectivity index (χ1v) is 7.31. The van der Waals surface area contributed by atoms with E-state index in [1.54, 1.807) is 0 Å². The molecule has 8 heteroatoms. The Labute approximate surface area is 135 Å². The van der Waals surface area contributed by atoms with Crippen LogP contribution in [0.15, 0.2) is 24.5 Å². The van der Waals surface area contributed by atoms with Gasteiger partial charge < -0.3 is 15.0 Å². The Bertz CT molecular complexity index is 757. The van der Waals surface area contributed by atoms with Crippen LogP contribution in [0.3, 0.4) is 0 Å². The van der Waals surface area contributed by atoms with Gasteiger partial charge in [-0.1, -0.05) is 17.7 Å². The Morgan fingerprint density at radius 3 is 2.96 bits per heavy atom. The van der Waals surface area contributed by atoms with Crippen molar-refractivity contribution in [3.8, 4) is 0 Å². The van der Waals surface area contributed by atoms with Gasteiger partial charge in [0.2, 0.25) is 5.91 Å². The van der Waals surface area contributed by atoms with Gasteiger partial charge in [-0.3, -0.25) is 4.79 Å². The molecule has 3 rings (SSSR count). The average Bonchev–Trinajstić information content (AvgIpc) is 2.97. The number of rotatable bonds is 3. The van der Waals surface area contributed by atoms with Crippen LogP contribution in [0.25, 0.3) is 0 Å². The molecule has 0 saturated carbocycles. The number of carboxylic acids is 1. The highest BCUT2D eigenvalue weighted by molar-refractivity contribution is 6.31. The molecule has 1 atom stereocenters. The number of hydrogen-bond acceptors (Lipinski definition) is 3. The van der Waals surface area contributed by atoms with Gasteiger partial charge >= 0.3 is 5.97 Å². The number of fused-ring (bicyclic) bond motifs is 1. The SMILES string of the molecule is O=C(O)[C@H]1Cc2nc[nH]c2CN1C(=O)Cc1c(F)cccc1Cl. The van der Waals surface area contributed by atoms with E-state index in [-0.39, 0.29) is 30.0 Å². The molecule has 0 unspecified atom stereocenters. The summed E-state index contributed by atoms with van der Waals surface area (Å²) in [4.78, 5) is 32.1. The predicted molar refractivity (Wildman–Crippen MR) is 79.4 cm³/mol. The van der Waals surface area contributed by atoms with Gasteiger partial charge in [-0.25, -0.2) is 14.2 Å². The van der Waals surface area contributed by atoms with Gasteiger partial charge in [0.15, 0.2) is 0 Å². The molecule has 0 spiro atoms. The summed E-state index contributed by atoms with van der Waals surface area (Å²) in [6.07, 6.45) is 1.29. The number of aliphatic carboxylic acids is 1. The van der Waals surface area contributed by atoms with Gasteiger partial charge in [-0.15, -0.1) is 0 Å². The fourth-order valence-electron chi connectivity index (χ4n) is 2.67. The summed E-state index contributed by atoms with van der Waals surface area (Å²) in [7, 11) is 0. The third-order valence-corrected chi connectivity index (χ3v) is 4.25. The van der Waals surface area contributed by atoms with E-state index < -0.39 is 23.7 Å². The van der Waals surface area contributed by atoms with Crippen LogP contribution in [0.2, 0.25) is 5.02 Å². The summed E-state index contributed by atoms with van der Waals surface area (Å²) < 4.78 is 13.8. The van der Waals surface area contributed by atoms with Crippen LogP contribution in [0.4, 0.5) is 4.39 Å². The minimum atomic E-state index is -1.12. The molecule has 0 bridgehead atoms. The largest absolute Gasteiger partial charge is 0.480 e. The Balaban J connectivity index is 1.87. The van der Waals surface area contributed by atoms with E-state index in [0.717, 1.165) is 0 Å². The lowest BCUT2D eigenvalue weighted by Crippen LogP contribution is -2.49. The number of nitrogens with one attached hydrogen (secondary N) is 1. The molecular formula is C15H13ClFN3O3. The van der Waals surface area contributed by atoms with Crippen molar-refractivity contribution in [3.05, 3.63) is 52.3 Å². The molecule has 1 aromatic heterocycles. The van der Waals surface area contributed by atoms with E-state index in [9.17, 15) is 19.1 Å². The van der Waals surface area contributed by atoms with E-state index in [4.69, 9.17) is 11.6 Å². The molecule has 0 radical (unpaired) electrons. The van der Waals surface area contributed by atoms with Crippen molar-refractivity contribution in [1.29, 1.82) is 0 Å². The molecule has 23 heavy (non-hydrogen) atoms. The Morgan fingerprint density at radius 1 is 1.48 bits per heavy atom. The number of amides is 1. The molecule has 2 heterocycles. The van der Waals surface area contributed by atoms with Crippen molar-refractivity contribution >= 4 is 23.5 Å². The van der Waals surface area contributed by atoms with Gasteiger partial charge in [-0.05, 0) is 12.1 Å². The number of carbonyl (C=O) groups is 2. The molecular weight excluding hydrogens is 325 g/mol. The Kier molecular flexibility index (Phi) is 4.04. The third-order valence-electron chi connectivity index (χ3n) is 3.89. The molecule has 1 aliphatic heterocycles. The first-order valence-electron chi connectivity index (χ1n) is 6.93. The summed E-state index contributed by atoms with van der Waals surface area (Å²) in [5.41, 5.74) is 1.39. The van der Waals surface area contributed by atoms with E-state index in [2.05, 4.69) is 9.97 Å². The lowest BCUT2D eigenvalue weighted by molar-refractivity contribution is -0.151. The first kappa shape index (κ1) is 15.5. The van der Waals surface area contributed by atoms with Gasteiger partial charge in [-0.2, -0.15) is 0 Å². The normalized spacial score (nSPS) is 17.0. The molecule has 2 aromatic rings. The van der Waals surface area contributed by atoms with Crippen LogP contribution >= 0.6 is 11.6 Å². The molecule has 0 saturated heterocycles. The van der Waals surface area contributed by atoms with Crippen molar-refractivity contribution in [1.82, 2.24) is 14.9 Å². The molecule has 1 aromatic carbocycles. The molecule has 2 N–H and O–H groups in total. The number of nitrogens with zero attached hydrogens (tertiary/aromatic N) is 2. The monoisotopic (exact) mass is 337 g/mol. The predicted octanol–water partition coefficient (Wildman–Crippen LogP) is 1.78. The van der Waals surface area contributed by atoms with Crippen LogP contribution in [0.5, 0.6) is 0 Å². The van der Waals surface area contributed by atoms with Gasteiger partial charge in [0, 0.05) is 17.0 Å². The van der Waals surface area contributed by atoms with Crippen LogP contribution in [0, 0.1) is 5.82 Å². The lowest BCUT2D eigenvalue weighted by atomic mass is 10.0. The van der Waals surface area contributed by atoms with Crippen LogP contribution in [-0.4, -0.2) is 37.9 Å². The van der Waals surface area contributed by atoms with Crippen LogP contribution in [0.1, 0.15) is 17.0 Å². The fourth-order valence-corrected chi connectivity index (χ4v) is 2.90. The number of carbonyl (C=O) groups excluding carboxylic acids is 1. The van der Waals surface area contributed by atoms with E-state index in [1.165, 1.54) is 29.4 Å². The molecule has 0 aliphatic carbocycles. The number of aromatic amines is 1. The maximum atomic E-state index is 13.8. The molecule has 1 aliphatic rings. The number of halogens is 2. The second-order valence-corrected chi connectivity index (χ2v) is 5.69. The lowest BCUT2D eigenvalue weighted by Gasteiger charge is -2.32. The zero-order valence-electron chi connectivity index (χ0n) is 11.9. The van der Waals surface area contributed by atoms with E-state index in [0.29, 0.717) is 11.4 Å². The van der Waals surface area contributed by atoms with Gasteiger partial charge in [0.1, 0.15) is 11.9 Å². The molecule has 120 valence electrons. The number of hydrogen-bond donors (Lipinski definition) is 2. The highest BCUT2D eigenvalue weighted by atomic mass is 35.5. The van der Waals surface area contributed by atoms with Crippen LogP contribution < -0.4 is 0 Å². The van der Waals surface area contributed by atoms with Gasteiger partial charge in [0.05, 0.1) is 30.7 Å². The number of benzene rings is 1. The minimum Gasteiger partial charge on any atom is -0.480 e. The molecule has 1 amide bonds. The summed E-state index contributed by atoms with van der Waals surface area (Å²) >= 11 is 5.93. The van der Waals surface area contributed by atoms with Crippen molar-refractivity contribution in [3.63, 3.8) is 0 Å².